The van der Waals surface area contributed by atoms with Crippen molar-refractivity contribution in [2.75, 3.05) is 0 Å². The molecule has 0 radical (unpaired) electrons. The van der Waals surface area contributed by atoms with Crippen molar-refractivity contribution in [3.05, 3.63) is 69.3 Å². The Morgan fingerprint density at radius 3 is 2.52 bits per heavy atom. The van der Waals surface area contributed by atoms with Gasteiger partial charge in [-0.25, -0.2) is 4.79 Å². The number of aryl methyl sites for hydroxylation is 1. The Morgan fingerprint density at radius 2 is 1.95 bits per heavy atom. The van der Waals surface area contributed by atoms with Gasteiger partial charge in [-0.2, -0.15) is 0 Å². The van der Waals surface area contributed by atoms with Crippen molar-refractivity contribution < 1.29 is 19.6 Å². The zero-order chi connectivity index (χ0) is 15.4. The number of benzene rings is 2. The number of rotatable bonds is 5. The Kier molecular flexibility index (Phi) is 4.18. The molecule has 2 rings (SSSR count). The van der Waals surface area contributed by atoms with E-state index in [1.165, 1.54) is 6.07 Å². The summed E-state index contributed by atoms with van der Waals surface area (Å²) in [7, 11) is 0. The summed E-state index contributed by atoms with van der Waals surface area (Å²) in [5.74, 6) is -1.03. The molecule has 2 aromatic rings. The molecule has 21 heavy (non-hydrogen) atoms. The Labute approximate surface area is 120 Å². The maximum Gasteiger partial charge on any atom is 0.342 e. The first-order chi connectivity index (χ1) is 9.99. The van der Waals surface area contributed by atoms with Crippen LogP contribution in [-0.2, 0) is 6.61 Å². The maximum absolute atomic E-state index is 11.0. The number of aromatic carboxylic acids is 1. The lowest BCUT2D eigenvalue weighted by molar-refractivity contribution is -0.385. The molecule has 2 aromatic carbocycles. The second-order valence-electron chi connectivity index (χ2n) is 4.47. The zero-order valence-electron chi connectivity index (χ0n) is 11.3. The highest BCUT2D eigenvalue weighted by molar-refractivity contribution is 5.93. The fourth-order valence-corrected chi connectivity index (χ4v) is 1.89. The molecular weight excluding hydrogens is 274 g/mol. The summed E-state index contributed by atoms with van der Waals surface area (Å²) >= 11 is 0. The van der Waals surface area contributed by atoms with Crippen molar-refractivity contribution in [3.63, 3.8) is 0 Å². The van der Waals surface area contributed by atoms with Gasteiger partial charge in [-0.15, -0.1) is 0 Å². The molecule has 0 aliphatic heterocycles. The van der Waals surface area contributed by atoms with Crippen molar-refractivity contribution in [1.82, 2.24) is 0 Å². The van der Waals surface area contributed by atoms with Crippen molar-refractivity contribution in [2.24, 2.45) is 0 Å². The van der Waals surface area contributed by atoms with E-state index in [4.69, 9.17) is 9.84 Å². The minimum absolute atomic E-state index is 0.255. The quantitative estimate of drug-likeness (QED) is 0.673. The van der Waals surface area contributed by atoms with Crippen LogP contribution in [-0.4, -0.2) is 16.0 Å². The van der Waals surface area contributed by atoms with E-state index >= 15 is 0 Å². The number of carboxylic acid groups (broad SMARTS) is 1. The standard InChI is InChI=1S/C15H13NO5/c1-10-7-12(15(17)18)13(16(19)20)8-14(10)21-9-11-5-3-2-4-6-11/h2-8H,9H2,1H3,(H,17,18). The van der Waals surface area contributed by atoms with E-state index < -0.39 is 16.6 Å². The summed E-state index contributed by atoms with van der Waals surface area (Å²) in [5.41, 5.74) is 0.636. The van der Waals surface area contributed by atoms with Crippen molar-refractivity contribution in [2.45, 2.75) is 13.5 Å². The number of hydrogen-bond donors (Lipinski definition) is 1. The summed E-state index contributed by atoms with van der Waals surface area (Å²) in [6.07, 6.45) is 0. The summed E-state index contributed by atoms with van der Waals surface area (Å²) < 4.78 is 5.55. The third-order valence-electron chi connectivity index (χ3n) is 2.96. The van der Waals surface area contributed by atoms with Gasteiger partial charge in [-0.05, 0) is 24.1 Å². The molecule has 0 spiro atoms. The summed E-state index contributed by atoms with van der Waals surface area (Å²) in [4.78, 5) is 21.3. The SMILES string of the molecule is Cc1cc(C(=O)O)c([N+](=O)[O-])cc1OCc1ccccc1. The largest absolute Gasteiger partial charge is 0.488 e. The summed E-state index contributed by atoms with van der Waals surface area (Å²) in [5, 5.41) is 19.9. The second kappa shape index (κ2) is 6.04. The van der Waals surface area contributed by atoms with Gasteiger partial charge in [-0.3, -0.25) is 10.1 Å². The third kappa shape index (κ3) is 3.36. The molecular formula is C15H13NO5. The minimum Gasteiger partial charge on any atom is -0.488 e. The van der Waals surface area contributed by atoms with Crippen molar-refractivity contribution in [3.8, 4) is 5.75 Å². The molecule has 0 bridgehead atoms. The first-order valence-corrected chi connectivity index (χ1v) is 6.18. The third-order valence-corrected chi connectivity index (χ3v) is 2.96. The van der Waals surface area contributed by atoms with Gasteiger partial charge in [0.05, 0.1) is 11.0 Å². The van der Waals surface area contributed by atoms with Gasteiger partial charge in [0, 0.05) is 0 Å². The van der Waals surface area contributed by atoms with Crippen LogP contribution in [0.4, 0.5) is 5.69 Å². The van der Waals surface area contributed by atoms with Crippen LogP contribution < -0.4 is 4.74 Å². The van der Waals surface area contributed by atoms with E-state index in [0.717, 1.165) is 11.6 Å². The number of nitro benzene ring substituents is 1. The van der Waals surface area contributed by atoms with Gasteiger partial charge in [0.1, 0.15) is 17.9 Å². The summed E-state index contributed by atoms with van der Waals surface area (Å²) in [6.45, 7) is 1.90. The van der Waals surface area contributed by atoms with Crippen LogP contribution in [0, 0.1) is 17.0 Å². The molecule has 0 aromatic heterocycles. The smallest absolute Gasteiger partial charge is 0.342 e. The minimum atomic E-state index is -1.33. The maximum atomic E-state index is 11.0. The number of hydrogen-bond acceptors (Lipinski definition) is 4. The zero-order valence-corrected chi connectivity index (χ0v) is 11.3. The van der Waals surface area contributed by atoms with Gasteiger partial charge in [-0.1, -0.05) is 30.3 Å². The molecule has 0 saturated heterocycles. The highest BCUT2D eigenvalue weighted by atomic mass is 16.6. The molecule has 0 atom stereocenters. The Morgan fingerprint density at radius 1 is 1.29 bits per heavy atom. The van der Waals surface area contributed by atoms with Gasteiger partial charge in [0.2, 0.25) is 0 Å². The molecule has 0 saturated carbocycles. The molecule has 108 valence electrons. The Balaban J connectivity index is 2.30. The summed E-state index contributed by atoms with van der Waals surface area (Å²) in [6, 6.07) is 11.7. The average Bonchev–Trinajstić information content (AvgIpc) is 2.46. The number of ether oxygens (including phenoxy) is 1. The molecule has 0 heterocycles. The normalized spacial score (nSPS) is 10.1. The van der Waals surface area contributed by atoms with Gasteiger partial charge in [0.15, 0.2) is 0 Å². The Bertz CT molecular complexity index is 682. The molecule has 0 fully saturated rings. The van der Waals surface area contributed by atoms with Crippen LogP contribution >= 0.6 is 0 Å². The molecule has 0 amide bonds. The van der Waals surface area contributed by atoms with E-state index in [1.54, 1.807) is 6.92 Å². The predicted octanol–water partition coefficient (Wildman–Crippen LogP) is 3.18. The average molecular weight is 287 g/mol. The van der Waals surface area contributed by atoms with E-state index in [-0.39, 0.29) is 12.2 Å². The molecule has 0 unspecified atom stereocenters. The fourth-order valence-electron chi connectivity index (χ4n) is 1.89. The molecule has 6 nitrogen and oxygen atoms in total. The van der Waals surface area contributed by atoms with E-state index in [2.05, 4.69) is 0 Å². The number of carboxylic acids is 1. The molecule has 6 heteroatoms. The molecule has 0 aliphatic rings. The van der Waals surface area contributed by atoms with Crippen LogP contribution in [0.5, 0.6) is 5.75 Å². The molecule has 0 aliphatic carbocycles. The monoisotopic (exact) mass is 287 g/mol. The van der Waals surface area contributed by atoms with Gasteiger partial charge in [0.25, 0.3) is 5.69 Å². The second-order valence-corrected chi connectivity index (χ2v) is 4.47. The van der Waals surface area contributed by atoms with Crippen LogP contribution in [0.15, 0.2) is 42.5 Å². The van der Waals surface area contributed by atoms with Crippen LogP contribution in [0.1, 0.15) is 21.5 Å². The molecule has 1 N–H and O–H groups in total. The Hall–Kier alpha value is -2.89. The lowest BCUT2D eigenvalue weighted by atomic mass is 10.1. The van der Waals surface area contributed by atoms with E-state index in [0.29, 0.717) is 11.3 Å². The van der Waals surface area contributed by atoms with Gasteiger partial charge >= 0.3 is 5.97 Å². The van der Waals surface area contributed by atoms with E-state index in [1.807, 2.05) is 30.3 Å². The number of nitro groups is 1. The van der Waals surface area contributed by atoms with Crippen LogP contribution in [0.3, 0.4) is 0 Å². The van der Waals surface area contributed by atoms with Crippen LogP contribution in [0.2, 0.25) is 0 Å². The highest BCUT2D eigenvalue weighted by Crippen LogP contribution is 2.29. The topological polar surface area (TPSA) is 89.7 Å². The number of nitrogens with zero attached hydrogens (tertiary/aromatic N) is 1. The highest BCUT2D eigenvalue weighted by Gasteiger charge is 2.22. The predicted molar refractivity (Wildman–Crippen MR) is 75.6 cm³/mol. The van der Waals surface area contributed by atoms with Gasteiger partial charge < -0.3 is 9.84 Å². The fraction of sp³-hybridized carbons (Fsp3) is 0.133. The van der Waals surface area contributed by atoms with Crippen molar-refractivity contribution in [1.29, 1.82) is 0 Å². The van der Waals surface area contributed by atoms with Crippen molar-refractivity contribution >= 4 is 11.7 Å². The first-order valence-electron chi connectivity index (χ1n) is 6.18. The first kappa shape index (κ1) is 14.5. The lowest BCUT2D eigenvalue weighted by Crippen LogP contribution is -2.05. The lowest BCUT2D eigenvalue weighted by Gasteiger charge is -2.10. The number of carbonyl (C=O) groups is 1. The van der Waals surface area contributed by atoms with E-state index in [9.17, 15) is 14.9 Å². The van der Waals surface area contributed by atoms with Crippen LogP contribution in [0.25, 0.3) is 0 Å².